The Labute approximate surface area is 502 Å². The summed E-state index contributed by atoms with van der Waals surface area (Å²) in [4.78, 5) is 94.2. The SMILES string of the molecule is COc1c(N2CCNCC2)c(F)c(C)c2c(=O)c(C(=O)OC(OCC(=O)C3(O)[C@H](C)C[C@H]4[C@@H]5CCC6=CC(=O)C=C[C@]6(C)[C@@]5(F)[C@@H](O)C[C@@]43C)OC(=O)c3c(C)n(C4CC4)c4c(OC)c(N5CCN(C)C(C)C5)c(F)c(C)c4c3=O)c(C)n(C3CC3)c12. The number of hydrogen-bond acceptors (Lipinski definition) is 17. The van der Waals surface area contributed by atoms with Crippen LogP contribution in [0.5, 0.6) is 11.5 Å². The second kappa shape index (κ2) is 21.6. The molecule has 3 unspecified atom stereocenters. The van der Waals surface area contributed by atoms with Crippen LogP contribution in [0.3, 0.4) is 0 Å². The predicted molar refractivity (Wildman–Crippen MR) is 318 cm³/mol. The average Bonchev–Trinajstić information content (AvgIpc) is 1.68. The zero-order valence-corrected chi connectivity index (χ0v) is 51.4. The first-order valence-electron chi connectivity index (χ1n) is 30.6. The standard InChI is InChI=1S/C65H79F3N6O13/c1-31-26-42-41-17-12-37-27-40(75)18-19-62(37,7)64(41,68)43(76)28-63(42,8)65(31,82)44(77)30-85-61(86-59(80)47-35(5)73(38-13-14-38)51-45(55(47)78)33(3)49(66)53(57(51)83-10)71-22-20-69-21-23-71)87-60(81)48-36(6)74(39-15-16-39)52-46(56(48)79)34(4)50(67)54(58(52)84-11)72-25-24-70(9)32(2)29-72/h18-19,27,31-32,38-39,41-43,61,69,76,82H,12-17,20-26,28-30H2,1-11H3/t31-,32?,41+,42+,43+,61?,62+,63+,64+,65?/m1/s1. The number of nitrogens with one attached hydrogen (secondary N) is 1. The zero-order chi connectivity index (χ0) is 62.5. The molecule has 0 spiro atoms. The van der Waals surface area contributed by atoms with Gasteiger partial charge in [0.2, 0.25) is 10.9 Å². The van der Waals surface area contributed by atoms with Gasteiger partial charge >= 0.3 is 18.4 Å². The number of rotatable bonds is 14. The van der Waals surface area contributed by atoms with Crippen molar-refractivity contribution in [1.82, 2.24) is 19.4 Å². The Morgan fingerprint density at radius 2 is 1.30 bits per heavy atom. The largest absolute Gasteiger partial charge is 0.492 e. The van der Waals surface area contributed by atoms with Gasteiger partial charge < -0.3 is 63.0 Å². The summed E-state index contributed by atoms with van der Waals surface area (Å²) in [5.41, 5.74) is -8.92. The van der Waals surface area contributed by atoms with Gasteiger partial charge in [0.05, 0.1) is 42.1 Å². The molecule has 0 amide bonds. The molecule has 10 atom stereocenters. The number of methoxy groups -OCH3 is 2. The number of Topliss-reactive ketones (excluding diaryl/α,β-unsaturated/α-hetero) is 1. The van der Waals surface area contributed by atoms with Gasteiger partial charge in [-0.1, -0.05) is 25.5 Å². The molecule has 2 aromatic heterocycles. The first-order chi connectivity index (χ1) is 41.2. The second-order valence-electron chi connectivity index (χ2n) is 26.4. The van der Waals surface area contributed by atoms with Gasteiger partial charge in [0.1, 0.15) is 34.7 Å². The van der Waals surface area contributed by atoms with Gasteiger partial charge in [0, 0.05) is 103 Å². The van der Waals surface area contributed by atoms with Crippen LogP contribution in [0, 0.1) is 67.9 Å². The topological polar surface area (TPSA) is 221 Å². The van der Waals surface area contributed by atoms with Crippen molar-refractivity contribution in [1.29, 1.82) is 0 Å². The normalized spacial score (nSPS) is 30.2. The van der Waals surface area contributed by atoms with Gasteiger partial charge in [-0.2, -0.15) is 0 Å². The Morgan fingerprint density at radius 1 is 0.770 bits per heavy atom. The van der Waals surface area contributed by atoms with Crippen LogP contribution < -0.4 is 35.4 Å². The number of ether oxygens (including phenoxy) is 5. The molecule has 3 N–H and O–H groups in total. The quantitative estimate of drug-likeness (QED) is 0.0833. The van der Waals surface area contributed by atoms with Crippen LogP contribution in [0.2, 0.25) is 0 Å². The number of aliphatic hydroxyl groups is 2. The summed E-state index contributed by atoms with van der Waals surface area (Å²) in [5, 5.41) is 28.1. The van der Waals surface area contributed by atoms with Crippen LogP contribution in [-0.2, 0) is 23.8 Å². The smallest absolute Gasteiger partial charge is 0.365 e. The van der Waals surface area contributed by atoms with Crippen LogP contribution in [0.25, 0.3) is 21.8 Å². The highest BCUT2D eigenvalue weighted by Gasteiger charge is 2.75. The second-order valence-corrected chi connectivity index (χ2v) is 26.4. The van der Waals surface area contributed by atoms with Crippen LogP contribution in [0.15, 0.2) is 33.4 Å². The fourth-order valence-corrected chi connectivity index (χ4v) is 16.7. The summed E-state index contributed by atoms with van der Waals surface area (Å²) in [6.07, 6.45) is 5.40. The first kappa shape index (κ1) is 60.7. The third-order valence-corrected chi connectivity index (χ3v) is 21.7. The summed E-state index contributed by atoms with van der Waals surface area (Å²) in [5.74, 6) is -7.72. The third-order valence-electron chi connectivity index (χ3n) is 21.7. The van der Waals surface area contributed by atoms with E-state index in [0.717, 1.165) is 0 Å². The van der Waals surface area contributed by atoms with E-state index in [4.69, 9.17) is 23.7 Å². The van der Waals surface area contributed by atoms with Crippen molar-refractivity contribution in [2.24, 2.45) is 28.6 Å². The highest BCUT2D eigenvalue weighted by Crippen LogP contribution is 2.71. The molecule has 5 saturated carbocycles. The summed E-state index contributed by atoms with van der Waals surface area (Å²) in [6.45, 7) is 12.9. The van der Waals surface area contributed by atoms with E-state index in [1.165, 1.54) is 60.1 Å². The molecule has 4 aromatic rings. The summed E-state index contributed by atoms with van der Waals surface area (Å²) in [6, 6.07) is -0.466. The Kier molecular flexibility index (Phi) is 15.1. The van der Waals surface area contributed by atoms with Crippen molar-refractivity contribution in [3.63, 3.8) is 0 Å². The molecule has 6 aliphatic carbocycles. The van der Waals surface area contributed by atoms with Crippen LogP contribution in [-0.4, -0.2) is 151 Å². The minimum atomic E-state index is -2.54. The van der Waals surface area contributed by atoms with Gasteiger partial charge in [0.15, 0.2) is 40.4 Å². The number of benzene rings is 2. The highest BCUT2D eigenvalue weighted by molar-refractivity contribution is 6.03. The zero-order valence-electron chi connectivity index (χ0n) is 51.4. The maximum Gasteiger partial charge on any atom is 0.365 e. The predicted octanol–water partition coefficient (Wildman–Crippen LogP) is 7.30. The maximum atomic E-state index is 18.2. The van der Waals surface area contributed by atoms with Gasteiger partial charge in [-0.15, -0.1) is 0 Å². The van der Waals surface area contributed by atoms with E-state index in [0.29, 0.717) is 83.5 Å². The molecule has 19 nitrogen and oxygen atoms in total. The average molecular weight is 1210 g/mol. The summed E-state index contributed by atoms with van der Waals surface area (Å²) < 4.78 is 85.8. The Hall–Kier alpha value is -6.59. The number of likely N-dealkylation sites (N-methyl/N-ethyl adjacent to an activating group) is 1. The van der Waals surface area contributed by atoms with Crippen molar-refractivity contribution >= 4 is 56.7 Å². The molecule has 7 fully saturated rings. The number of pyridine rings is 2. The number of carbonyl (C=O) groups is 4. The van der Waals surface area contributed by atoms with Crippen molar-refractivity contribution < 1.29 is 66.2 Å². The summed E-state index contributed by atoms with van der Waals surface area (Å²) in [7, 11) is 4.77. The van der Waals surface area contributed by atoms with Crippen LogP contribution in [0.4, 0.5) is 24.5 Å². The number of hydrogen-bond donors (Lipinski definition) is 3. The van der Waals surface area contributed by atoms with Crippen LogP contribution >= 0.6 is 0 Å². The molecule has 12 rings (SSSR count). The lowest BCUT2D eigenvalue weighted by Crippen LogP contribution is -2.69. The monoisotopic (exact) mass is 1210 g/mol. The molecule has 468 valence electrons. The molecule has 87 heavy (non-hydrogen) atoms. The van der Waals surface area contributed by atoms with E-state index in [-0.39, 0.29) is 110 Å². The molecule has 4 heterocycles. The molecular formula is C65H79F3N6O13. The molecule has 0 radical (unpaired) electrons. The molecule has 2 aromatic carbocycles. The number of anilines is 2. The third kappa shape index (κ3) is 8.89. The number of aryl methyl sites for hydroxylation is 2. The van der Waals surface area contributed by atoms with E-state index < -0.39 is 110 Å². The van der Waals surface area contributed by atoms with Crippen molar-refractivity contribution in [2.45, 2.75) is 149 Å². The number of fused-ring (bicyclic) bond motifs is 7. The van der Waals surface area contributed by atoms with E-state index in [1.54, 1.807) is 29.9 Å². The fraction of sp³-hybridized carbons (Fsp3) is 0.600. The van der Waals surface area contributed by atoms with E-state index in [2.05, 4.69) is 10.2 Å². The summed E-state index contributed by atoms with van der Waals surface area (Å²) >= 11 is 0. The molecular weight excluding hydrogens is 1130 g/mol. The van der Waals surface area contributed by atoms with Gasteiger partial charge in [-0.3, -0.25) is 19.2 Å². The number of halogens is 3. The van der Waals surface area contributed by atoms with Crippen molar-refractivity contribution in [2.75, 3.05) is 83.5 Å². The number of esters is 2. The Morgan fingerprint density at radius 3 is 1.80 bits per heavy atom. The lowest BCUT2D eigenvalue weighted by molar-refractivity contribution is -0.241. The number of piperazine rings is 2. The number of ketones is 2. The minimum absolute atomic E-state index is 0.0515. The first-order valence-corrected chi connectivity index (χ1v) is 30.6. The molecule has 8 aliphatic rings. The van der Waals surface area contributed by atoms with E-state index >= 15 is 37.1 Å². The molecule has 2 aliphatic heterocycles. The van der Waals surface area contributed by atoms with Crippen molar-refractivity contribution in [3.8, 4) is 11.5 Å². The number of carbonyl (C=O) groups excluding carboxylic acids is 4. The molecule has 0 bridgehead atoms. The number of aromatic nitrogens is 2. The lowest BCUT2D eigenvalue weighted by atomic mass is 9.44. The number of allylic oxidation sites excluding steroid dienone is 4. The molecule has 2 saturated heterocycles. The van der Waals surface area contributed by atoms with E-state index in [9.17, 15) is 15.0 Å². The number of nitrogens with zero attached hydrogens (tertiary/aromatic N) is 5. The molecule has 22 heteroatoms. The van der Waals surface area contributed by atoms with Gasteiger partial charge in [-0.25, -0.2) is 22.8 Å². The van der Waals surface area contributed by atoms with Gasteiger partial charge in [0.25, 0.3) is 0 Å². The highest BCUT2D eigenvalue weighted by atomic mass is 19.1. The van der Waals surface area contributed by atoms with Crippen LogP contribution in [0.1, 0.15) is 134 Å². The Bertz CT molecular complexity index is 3810. The van der Waals surface area contributed by atoms with E-state index in [1.807, 2.05) is 23.8 Å². The van der Waals surface area contributed by atoms with Crippen molar-refractivity contribution in [3.05, 3.63) is 89.5 Å². The Balaban J connectivity index is 0.942. The number of alkyl halides is 1. The lowest BCUT2D eigenvalue weighted by Gasteiger charge is -2.62. The number of aliphatic hydroxyl groups excluding tert-OH is 1. The fourth-order valence-electron chi connectivity index (χ4n) is 16.7. The minimum Gasteiger partial charge on any atom is -0.492 e. The van der Waals surface area contributed by atoms with Gasteiger partial charge in [-0.05, 0) is 124 Å². The maximum absolute atomic E-state index is 18.2.